The average Bonchev–Trinajstić information content (AvgIpc) is 3.02. The Morgan fingerprint density at radius 1 is 1.36 bits per heavy atom. The third-order valence-corrected chi connectivity index (χ3v) is 4.85. The van der Waals surface area contributed by atoms with E-state index in [1.54, 1.807) is 6.26 Å². The minimum Gasteiger partial charge on any atom is -0.467 e. The lowest BCUT2D eigenvalue weighted by molar-refractivity contribution is 0.0116. The minimum absolute atomic E-state index is 0.152. The lowest BCUT2D eigenvalue weighted by Gasteiger charge is -2.43. The first-order valence-electron chi connectivity index (χ1n) is 8.18. The van der Waals surface area contributed by atoms with Crippen molar-refractivity contribution in [3.8, 4) is 0 Å². The summed E-state index contributed by atoms with van der Waals surface area (Å²) in [5.41, 5.74) is 0. The molecule has 0 bridgehead atoms. The van der Waals surface area contributed by atoms with E-state index >= 15 is 0 Å². The SMILES string of the molecule is O=C(NCc1ccco1)NC(C1CCNCC1)C1CC(O)C1. The molecule has 1 saturated carbocycles. The van der Waals surface area contributed by atoms with Crippen molar-refractivity contribution in [2.24, 2.45) is 11.8 Å². The normalized spacial score (nSPS) is 27.0. The molecule has 1 unspecified atom stereocenters. The van der Waals surface area contributed by atoms with Gasteiger partial charge in [-0.25, -0.2) is 4.79 Å². The van der Waals surface area contributed by atoms with Gasteiger partial charge < -0.3 is 25.5 Å². The number of furan rings is 1. The Morgan fingerprint density at radius 3 is 2.77 bits per heavy atom. The first-order valence-corrected chi connectivity index (χ1v) is 8.18. The summed E-state index contributed by atoms with van der Waals surface area (Å²) in [6.45, 7) is 2.41. The first-order chi connectivity index (χ1) is 10.7. The molecule has 0 spiro atoms. The summed E-state index contributed by atoms with van der Waals surface area (Å²) in [7, 11) is 0. The van der Waals surface area contributed by atoms with Gasteiger partial charge in [-0.05, 0) is 62.7 Å². The van der Waals surface area contributed by atoms with E-state index in [9.17, 15) is 9.90 Å². The van der Waals surface area contributed by atoms with E-state index in [2.05, 4.69) is 16.0 Å². The number of hydrogen-bond donors (Lipinski definition) is 4. The molecule has 22 heavy (non-hydrogen) atoms. The van der Waals surface area contributed by atoms with Crippen LogP contribution in [-0.2, 0) is 6.54 Å². The second kappa shape index (κ2) is 7.15. The minimum atomic E-state index is -0.192. The molecule has 0 radical (unpaired) electrons. The van der Waals surface area contributed by atoms with E-state index < -0.39 is 0 Å². The fourth-order valence-corrected chi connectivity index (χ4v) is 3.53. The van der Waals surface area contributed by atoms with Crippen LogP contribution in [0.3, 0.4) is 0 Å². The van der Waals surface area contributed by atoms with Crippen molar-refractivity contribution in [2.75, 3.05) is 13.1 Å². The van der Waals surface area contributed by atoms with Gasteiger partial charge in [0.1, 0.15) is 5.76 Å². The number of urea groups is 1. The highest BCUT2D eigenvalue weighted by atomic mass is 16.3. The first kappa shape index (κ1) is 15.4. The summed E-state index contributed by atoms with van der Waals surface area (Å²) in [4.78, 5) is 12.2. The average molecular weight is 307 g/mol. The molecule has 1 aromatic heterocycles. The van der Waals surface area contributed by atoms with Crippen molar-refractivity contribution in [3.05, 3.63) is 24.2 Å². The van der Waals surface area contributed by atoms with Gasteiger partial charge in [0.25, 0.3) is 0 Å². The molecule has 2 fully saturated rings. The monoisotopic (exact) mass is 307 g/mol. The Balaban J connectivity index is 1.53. The smallest absolute Gasteiger partial charge is 0.315 e. The molecule has 1 atom stereocenters. The number of aliphatic hydroxyl groups is 1. The number of rotatable bonds is 5. The van der Waals surface area contributed by atoms with Gasteiger partial charge in [-0.3, -0.25) is 0 Å². The van der Waals surface area contributed by atoms with Crippen LogP contribution in [0.4, 0.5) is 4.79 Å². The lowest BCUT2D eigenvalue weighted by atomic mass is 9.71. The summed E-state index contributed by atoms with van der Waals surface area (Å²) >= 11 is 0. The number of carbonyl (C=O) groups is 1. The molecule has 122 valence electrons. The Bertz CT molecular complexity index is 465. The number of piperidine rings is 1. The Morgan fingerprint density at radius 2 is 2.14 bits per heavy atom. The molecule has 1 saturated heterocycles. The highest BCUT2D eigenvalue weighted by Gasteiger charge is 2.39. The van der Waals surface area contributed by atoms with Gasteiger partial charge in [-0.1, -0.05) is 0 Å². The van der Waals surface area contributed by atoms with Crippen molar-refractivity contribution in [1.29, 1.82) is 0 Å². The zero-order valence-electron chi connectivity index (χ0n) is 12.8. The van der Waals surface area contributed by atoms with E-state index in [-0.39, 0.29) is 18.2 Å². The van der Waals surface area contributed by atoms with Crippen molar-refractivity contribution >= 4 is 6.03 Å². The summed E-state index contributed by atoms with van der Waals surface area (Å²) in [6, 6.07) is 3.65. The van der Waals surface area contributed by atoms with Gasteiger partial charge in [-0.2, -0.15) is 0 Å². The fourth-order valence-electron chi connectivity index (χ4n) is 3.53. The van der Waals surface area contributed by atoms with Crippen molar-refractivity contribution in [3.63, 3.8) is 0 Å². The van der Waals surface area contributed by atoms with E-state index in [4.69, 9.17) is 4.42 Å². The third-order valence-electron chi connectivity index (χ3n) is 4.85. The van der Waals surface area contributed by atoms with E-state index in [1.807, 2.05) is 12.1 Å². The fraction of sp³-hybridized carbons (Fsp3) is 0.688. The van der Waals surface area contributed by atoms with E-state index in [0.29, 0.717) is 18.4 Å². The molecule has 2 heterocycles. The van der Waals surface area contributed by atoms with Crippen LogP contribution in [0.15, 0.2) is 22.8 Å². The van der Waals surface area contributed by atoms with Crippen molar-refractivity contribution < 1.29 is 14.3 Å². The van der Waals surface area contributed by atoms with Gasteiger partial charge in [-0.15, -0.1) is 0 Å². The maximum absolute atomic E-state index is 12.2. The zero-order chi connectivity index (χ0) is 15.4. The maximum atomic E-state index is 12.2. The molecule has 1 aromatic rings. The topological polar surface area (TPSA) is 86.5 Å². The molecule has 4 N–H and O–H groups in total. The molecule has 3 rings (SSSR count). The predicted molar refractivity (Wildman–Crippen MR) is 82.2 cm³/mol. The molecule has 1 aliphatic heterocycles. The van der Waals surface area contributed by atoms with Crippen molar-refractivity contribution in [2.45, 2.75) is 44.4 Å². The molecule has 1 aliphatic carbocycles. The van der Waals surface area contributed by atoms with Gasteiger partial charge in [0.05, 0.1) is 18.9 Å². The number of carbonyl (C=O) groups excluding carboxylic acids is 1. The van der Waals surface area contributed by atoms with Crippen LogP contribution in [0.1, 0.15) is 31.4 Å². The summed E-state index contributed by atoms with van der Waals surface area (Å²) in [5.74, 6) is 1.63. The van der Waals surface area contributed by atoms with Crippen LogP contribution < -0.4 is 16.0 Å². The van der Waals surface area contributed by atoms with Crippen LogP contribution in [0.2, 0.25) is 0 Å². The van der Waals surface area contributed by atoms with Gasteiger partial charge in [0, 0.05) is 6.04 Å². The largest absolute Gasteiger partial charge is 0.467 e. The molecule has 0 aromatic carbocycles. The second-order valence-electron chi connectivity index (χ2n) is 6.40. The Labute approximate surface area is 130 Å². The summed E-state index contributed by atoms with van der Waals surface area (Å²) in [5, 5.41) is 18.9. The summed E-state index contributed by atoms with van der Waals surface area (Å²) < 4.78 is 5.22. The quantitative estimate of drug-likeness (QED) is 0.659. The molecule has 6 nitrogen and oxygen atoms in total. The highest BCUT2D eigenvalue weighted by Crippen LogP contribution is 2.35. The molecule has 2 aliphatic rings. The van der Waals surface area contributed by atoms with Crippen LogP contribution in [0.5, 0.6) is 0 Å². The predicted octanol–water partition coefficient (Wildman–Crippen LogP) is 1.22. The summed E-state index contributed by atoms with van der Waals surface area (Å²) in [6.07, 6.45) is 5.16. The molecular formula is C16H25N3O3. The molecule has 6 heteroatoms. The zero-order valence-corrected chi connectivity index (χ0v) is 12.8. The lowest BCUT2D eigenvalue weighted by Crippen LogP contribution is -2.54. The molecule has 2 amide bonds. The van der Waals surface area contributed by atoms with Crippen molar-refractivity contribution in [1.82, 2.24) is 16.0 Å². The van der Waals surface area contributed by atoms with Gasteiger partial charge in [0.2, 0.25) is 0 Å². The van der Waals surface area contributed by atoms with E-state index in [1.165, 1.54) is 0 Å². The Hall–Kier alpha value is -1.53. The molecular weight excluding hydrogens is 282 g/mol. The van der Waals surface area contributed by atoms with E-state index in [0.717, 1.165) is 44.5 Å². The van der Waals surface area contributed by atoms with Gasteiger partial charge in [0.15, 0.2) is 0 Å². The standard InChI is InChI=1S/C16H25N3O3/c20-13-8-12(9-13)15(11-3-5-17-6-4-11)19-16(21)18-10-14-2-1-7-22-14/h1-2,7,11-13,15,17,20H,3-6,8-10H2,(H2,18,19,21). The number of nitrogens with one attached hydrogen (secondary N) is 3. The van der Waals surface area contributed by atoms with Gasteiger partial charge >= 0.3 is 6.03 Å². The maximum Gasteiger partial charge on any atom is 0.315 e. The Kier molecular flexibility index (Phi) is 5.00. The van der Waals surface area contributed by atoms with Crippen LogP contribution in [0, 0.1) is 11.8 Å². The van der Waals surface area contributed by atoms with Crippen LogP contribution in [-0.4, -0.2) is 36.4 Å². The number of hydrogen-bond acceptors (Lipinski definition) is 4. The second-order valence-corrected chi connectivity index (χ2v) is 6.40. The van der Waals surface area contributed by atoms with Crippen LogP contribution >= 0.6 is 0 Å². The number of amides is 2. The highest BCUT2D eigenvalue weighted by molar-refractivity contribution is 5.74. The third kappa shape index (κ3) is 3.81. The van der Waals surface area contributed by atoms with Crippen LogP contribution in [0.25, 0.3) is 0 Å². The number of aliphatic hydroxyl groups excluding tert-OH is 1.